The number of hydrogen-bond donors (Lipinski definition) is 2. The van der Waals surface area contributed by atoms with E-state index < -0.39 is 23.1 Å². The second-order valence-corrected chi connectivity index (χ2v) is 5.81. The molecule has 0 saturated carbocycles. The first-order valence-electron chi connectivity index (χ1n) is 7.95. The molecule has 0 aliphatic carbocycles. The standard InChI is InChI=1S/C18H13F3N4O3/c19-18(20,21)13-3-1-11(2-4-13)6-23-17(28)14-8-22-16(5-15(14)27)25-9-12(10-26)7-24-25/h1-5,7-10H,6H2,(H,22,27)(H,23,28). The molecule has 2 aromatic heterocycles. The third kappa shape index (κ3) is 4.17. The first-order chi connectivity index (χ1) is 13.3. The van der Waals surface area contributed by atoms with Crippen molar-refractivity contribution in [2.45, 2.75) is 12.7 Å². The zero-order chi connectivity index (χ0) is 20.3. The summed E-state index contributed by atoms with van der Waals surface area (Å²) in [6, 6.07) is 5.48. The van der Waals surface area contributed by atoms with Crippen LogP contribution in [0.4, 0.5) is 13.2 Å². The molecular weight excluding hydrogens is 377 g/mol. The van der Waals surface area contributed by atoms with Crippen molar-refractivity contribution in [3.63, 3.8) is 0 Å². The Bertz CT molecular complexity index is 1070. The van der Waals surface area contributed by atoms with Crippen LogP contribution in [-0.2, 0) is 12.7 Å². The highest BCUT2D eigenvalue weighted by atomic mass is 19.4. The molecule has 0 aliphatic heterocycles. The summed E-state index contributed by atoms with van der Waals surface area (Å²) in [4.78, 5) is 37.8. The summed E-state index contributed by atoms with van der Waals surface area (Å²) in [5.41, 5.74) is -0.766. The first kappa shape index (κ1) is 19.1. The Labute approximate surface area is 155 Å². The highest BCUT2D eigenvalue weighted by Gasteiger charge is 2.29. The van der Waals surface area contributed by atoms with E-state index in [1.807, 2.05) is 0 Å². The van der Waals surface area contributed by atoms with Crippen LogP contribution in [0.15, 0.2) is 53.7 Å². The topological polar surface area (TPSA) is 96.8 Å². The second-order valence-electron chi connectivity index (χ2n) is 5.81. The van der Waals surface area contributed by atoms with Crippen molar-refractivity contribution in [2.24, 2.45) is 0 Å². The van der Waals surface area contributed by atoms with Crippen molar-refractivity contribution in [3.8, 4) is 5.82 Å². The SMILES string of the molecule is O=Cc1cnn(-c2cc(=O)c(C(=O)NCc3ccc(C(F)(F)F)cc3)c[nH]2)c1. The monoisotopic (exact) mass is 390 g/mol. The molecular formula is C18H13F3N4O3. The summed E-state index contributed by atoms with van der Waals surface area (Å²) in [5, 5.41) is 6.39. The van der Waals surface area contributed by atoms with Crippen LogP contribution >= 0.6 is 0 Å². The number of rotatable bonds is 5. The molecule has 0 bridgehead atoms. The van der Waals surface area contributed by atoms with Gasteiger partial charge < -0.3 is 10.3 Å². The highest BCUT2D eigenvalue weighted by Crippen LogP contribution is 2.29. The molecule has 2 heterocycles. The molecule has 1 amide bonds. The molecule has 10 heteroatoms. The van der Waals surface area contributed by atoms with Gasteiger partial charge in [0.2, 0.25) is 0 Å². The van der Waals surface area contributed by atoms with Gasteiger partial charge in [-0.05, 0) is 17.7 Å². The lowest BCUT2D eigenvalue weighted by Crippen LogP contribution is -2.28. The van der Waals surface area contributed by atoms with Gasteiger partial charge in [-0.15, -0.1) is 0 Å². The molecule has 0 spiro atoms. The minimum atomic E-state index is -4.43. The van der Waals surface area contributed by atoms with Gasteiger partial charge in [0.05, 0.1) is 17.3 Å². The number of aldehydes is 1. The van der Waals surface area contributed by atoms with Crippen molar-refractivity contribution >= 4 is 12.2 Å². The molecule has 0 unspecified atom stereocenters. The molecule has 0 atom stereocenters. The van der Waals surface area contributed by atoms with Crippen LogP contribution in [0.5, 0.6) is 0 Å². The van der Waals surface area contributed by atoms with E-state index in [0.29, 0.717) is 17.4 Å². The lowest BCUT2D eigenvalue weighted by Gasteiger charge is -2.09. The Morgan fingerprint density at radius 2 is 1.96 bits per heavy atom. The fraction of sp³-hybridized carbons (Fsp3) is 0.111. The van der Waals surface area contributed by atoms with Gasteiger partial charge in [-0.25, -0.2) is 4.68 Å². The number of alkyl halides is 3. The van der Waals surface area contributed by atoms with E-state index in [2.05, 4.69) is 15.4 Å². The van der Waals surface area contributed by atoms with Gasteiger partial charge in [0.15, 0.2) is 11.7 Å². The van der Waals surface area contributed by atoms with E-state index in [0.717, 1.165) is 18.2 Å². The molecule has 0 fully saturated rings. The molecule has 1 aromatic carbocycles. The van der Waals surface area contributed by atoms with E-state index in [1.54, 1.807) is 0 Å². The number of amides is 1. The summed E-state index contributed by atoms with van der Waals surface area (Å²) in [7, 11) is 0. The van der Waals surface area contributed by atoms with Crippen LogP contribution in [0.2, 0.25) is 0 Å². The molecule has 0 saturated heterocycles. The maximum Gasteiger partial charge on any atom is 0.416 e. The van der Waals surface area contributed by atoms with Crippen molar-refractivity contribution < 1.29 is 22.8 Å². The van der Waals surface area contributed by atoms with Crippen LogP contribution in [0.3, 0.4) is 0 Å². The fourth-order valence-electron chi connectivity index (χ4n) is 2.39. The van der Waals surface area contributed by atoms with E-state index >= 15 is 0 Å². The van der Waals surface area contributed by atoms with Crippen molar-refractivity contribution in [3.05, 3.63) is 81.4 Å². The number of benzene rings is 1. The number of carbonyl (C=O) groups is 2. The Kier molecular flexibility index (Phi) is 5.12. The van der Waals surface area contributed by atoms with Gasteiger partial charge in [0, 0.05) is 25.0 Å². The zero-order valence-electron chi connectivity index (χ0n) is 14.2. The van der Waals surface area contributed by atoms with Crippen molar-refractivity contribution in [1.29, 1.82) is 0 Å². The second kappa shape index (κ2) is 7.51. The average molecular weight is 390 g/mol. The van der Waals surface area contributed by atoms with Gasteiger partial charge in [0.1, 0.15) is 11.4 Å². The van der Waals surface area contributed by atoms with Crippen LogP contribution in [0, 0.1) is 0 Å². The fourth-order valence-corrected chi connectivity index (χ4v) is 2.39. The average Bonchev–Trinajstić information content (AvgIpc) is 3.15. The number of H-pyrrole nitrogens is 1. The number of pyridine rings is 1. The number of hydrogen-bond acceptors (Lipinski definition) is 4. The van der Waals surface area contributed by atoms with Crippen molar-refractivity contribution in [1.82, 2.24) is 20.1 Å². The smallest absolute Gasteiger partial charge is 0.348 e. The van der Waals surface area contributed by atoms with E-state index in [9.17, 15) is 27.6 Å². The van der Waals surface area contributed by atoms with E-state index in [4.69, 9.17) is 0 Å². The summed E-state index contributed by atoms with van der Waals surface area (Å²) in [6.45, 7) is -0.0417. The Hall–Kier alpha value is -3.69. The van der Waals surface area contributed by atoms with E-state index in [1.165, 1.54) is 35.4 Å². The van der Waals surface area contributed by atoms with E-state index in [-0.39, 0.29) is 17.9 Å². The van der Waals surface area contributed by atoms with Gasteiger partial charge in [-0.3, -0.25) is 14.4 Å². The Morgan fingerprint density at radius 3 is 2.54 bits per heavy atom. The lowest BCUT2D eigenvalue weighted by atomic mass is 10.1. The number of aromatic amines is 1. The summed E-state index contributed by atoms with van der Waals surface area (Å²) >= 11 is 0. The lowest BCUT2D eigenvalue weighted by molar-refractivity contribution is -0.137. The molecule has 3 rings (SSSR count). The minimum absolute atomic E-state index is 0.0417. The van der Waals surface area contributed by atoms with Crippen LogP contribution < -0.4 is 10.7 Å². The predicted octanol–water partition coefficient (Wildman–Crippen LogP) is 2.32. The Balaban J connectivity index is 1.69. The summed E-state index contributed by atoms with van der Waals surface area (Å²) < 4.78 is 38.9. The van der Waals surface area contributed by atoms with Crippen LogP contribution in [0.25, 0.3) is 5.82 Å². The summed E-state index contributed by atoms with van der Waals surface area (Å²) in [5.74, 6) is -0.417. The number of aromatic nitrogens is 3. The van der Waals surface area contributed by atoms with Gasteiger partial charge in [-0.2, -0.15) is 18.3 Å². The van der Waals surface area contributed by atoms with Gasteiger partial charge in [-0.1, -0.05) is 12.1 Å². The van der Waals surface area contributed by atoms with Crippen LogP contribution in [-0.4, -0.2) is 27.0 Å². The minimum Gasteiger partial charge on any atom is -0.348 e. The number of carbonyl (C=O) groups excluding carboxylic acids is 2. The maximum atomic E-state index is 12.5. The highest BCUT2D eigenvalue weighted by molar-refractivity contribution is 5.93. The quantitative estimate of drug-likeness (QED) is 0.654. The third-order valence-electron chi connectivity index (χ3n) is 3.86. The molecule has 3 aromatic rings. The number of nitrogens with one attached hydrogen (secondary N) is 2. The number of nitrogens with zero attached hydrogens (tertiary/aromatic N) is 2. The molecule has 2 N–H and O–H groups in total. The molecule has 7 nitrogen and oxygen atoms in total. The number of halogens is 3. The third-order valence-corrected chi connectivity index (χ3v) is 3.86. The zero-order valence-corrected chi connectivity index (χ0v) is 14.2. The normalized spacial score (nSPS) is 11.2. The molecule has 0 aliphatic rings. The van der Waals surface area contributed by atoms with Crippen molar-refractivity contribution in [2.75, 3.05) is 0 Å². The van der Waals surface area contributed by atoms with Gasteiger partial charge >= 0.3 is 6.18 Å². The molecule has 28 heavy (non-hydrogen) atoms. The van der Waals surface area contributed by atoms with Crippen LogP contribution in [0.1, 0.15) is 31.8 Å². The first-order valence-corrected chi connectivity index (χ1v) is 7.95. The largest absolute Gasteiger partial charge is 0.416 e. The Morgan fingerprint density at radius 1 is 1.25 bits per heavy atom. The molecule has 144 valence electrons. The van der Waals surface area contributed by atoms with Gasteiger partial charge in [0.25, 0.3) is 5.91 Å². The predicted molar refractivity (Wildman–Crippen MR) is 92.2 cm³/mol. The summed E-state index contributed by atoms with van der Waals surface area (Å²) in [6.07, 6.45) is 0.0865. The maximum absolute atomic E-state index is 12.5. The molecule has 0 radical (unpaired) electrons.